The van der Waals surface area contributed by atoms with E-state index in [4.69, 9.17) is 16.3 Å². The highest BCUT2D eigenvalue weighted by atomic mass is 32.2. The molecule has 0 amide bonds. The summed E-state index contributed by atoms with van der Waals surface area (Å²) in [6.07, 6.45) is 3.24. The van der Waals surface area contributed by atoms with Crippen LogP contribution < -0.4 is 10.9 Å². The molecule has 1 saturated heterocycles. The van der Waals surface area contributed by atoms with Gasteiger partial charge < -0.3 is 10.6 Å². The number of primary sulfonamides is 1. The van der Waals surface area contributed by atoms with Crippen LogP contribution in [0.25, 0.3) is 11.1 Å². The molecule has 5 N–H and O–H groups in total. The monoisotopic (exact) mass is 467 g/mol. The van der Waals surface area contributed by atoms with Crippen molar-refractivity contribution in [2.75, 3.05) is 19.8 Å². The summed E-state index contributed by atoms with van der Waals surface area (Å²) >= 11 is 0. The smallest absolute Gasteiger partial charge is 0.239 e. The van der Waals surface area contributed by atoms with E-state index in [-0.39, 0.29) is 17.5 Å². The normalized spacial score (nSPS) is 16.8. The van der Waals surface area contributed by atoms with Crippen LogP contribution in [-0.4, -0.2) is 44.9 Å². The Kier molecular flexibility index (Phi) is 6.57. The van der Waals surface area contributed by atoms with E-state index in [9.17, 15) is 8.42 Å². The first-order valence-electron chi connectivity index (χ1n) is 11.1. The van der Waals surface area contributed by atoms with Crippen LogP contribution in [0.15, 0.2) is 56.5 Å². The van der Waals surface area contributed by atoms with Gasteiger partial charge >= 0.3 is 0 Å². The fourth-order valence-corrected chi connectivity index (χ4v) is 5.65. The molecule has 174 valence electrons. The summed E-state index contributed by atoms with van der Waals surface area (Å²) in [5.74, 6) is 0.821. The summed E-state index contributed by atoms with van der Waals surface area (Å²) in [6.45, 7) is 3.71. The number of piperidine rings is 1. The Morgan fingerprint density at radius 2 is 1.85 bits per heavy atom. The molecule has 0 bridgehead atoms. The van der Waals surface area contributed by atoms with Crippen LogP contribution in [0.2, 0.25) is 0 Å². The van der Waals surface area contributed by atoms with Gasteiger partial charge in [-0.15, -0.1) is 5.11 Å². The molecular weight excluding hydrogens is 438 g/mol. The van der Waals surface area contributed by atoms with Gasteiger partial charge in [0.1, 0.15) is 0 Å². The average molecular weight is 468 g/mol. The standard InChI is InChI=1S/C23H29N7O2S/c1-2-3-18-8-9-19(20(21(18)33(26,31)32)22-27-14-28-29-22)17-6-4-15(5-7-17)16-10-12-30(13-11-16)23(24)25/h4-9,16H,2-3,10-14H2,1H3,(H3,24,25)(H2,26,31,32). The van der Waals surface area contributed by atoms with Crippen molar-refractivity contribution >= 4 is 21.8 Å². The van der Waals surface area contributed by atoms with E-state index >= 15 is 0 Å². The molecular formula is C23H29N7O2S. The van der Waals surface area contributed by atoms with E-state index in [2.05, 4.69) is 27.4 Å². The third-order valence-corrected chi connectivity index (χ3v) is 7.28. The first-order valence-corrected chi connectivity index (χ1v) is 12.6. The van der Waals surface area contributed by atoms with Crippen molar-refractivity contribution in [1.82, 2.24) is 4.90 Å². The molecule has 2 heterocycles. The molecule has 0 radical (unpaired) electrons. The van der Waals surface area contributed by atoms with Gasteiger partial charge in [-0.25, -0.2) is 18.5 Å². The number of aliphatic imine (C=N–C) groups is 1. The number of likely N-dealkylation sites (tertiary alicyclic amines) is 1. The number of nitrogens with one attached hydrogen (secondary N) is 1. The summed E-state index contributed by atoms with van der Waals surface area (Å²) < 4.78 is 25.3. The molecule has 1 fully saturated rings. The van der Waals surface area contributed by atoms with E-state index in [1.165, 1.54) is 5.56 Å². The number of hydrogen-bond donors (Lipinski definition) is 3. The van der Waals surface area contributed by atoms with Gasteiger partial charge in [0.2, 0.25) is 10.0 Å². The molecule has 2 aliphatic heterocycles. The van der Waals surface area contributed by atoms with Crippen molar-refractivity contribution in [3.8, 4) is 11.1 Å². The lowest BCUT2D eigenvalue weighted by molar-refractivity contribution is 0.309. The minimum Gasteiger partial charge on any atom is -0.370 e. The Morgan fingerprint density at radius 1 is 1.15 bits per heavy atom. The molecule has 2 aromatic rings. The molecule has 2 aromatic carbocycles. The SMILES string of the molecule is CCCc1ccc(-c2ccc(C3CCN(C(=N)N)CC3)cc2)c(C2=NCN=N2)c1S(N)(=O)=O. The zero-order valence-corrected chi connectivity index (χ0v) is 19.5. The number of guanidine groups is 1. The van der Waals surface area contributed by atoms with Gasteiger partial charge in [0.25, 0.3) is 0 Å². The average Bonchev–Trinajstić information content (AvgIpc) is 3.33. The number of amidine groups is 1. The molecule has 0 atom stereocenters. The fraction of sp³-hybridized carbons (Fsp3) is 0.391. The number of nitrogens with zero attached hydrogens (tertiary/aromatic N) is 4. The van der Waals surface area contributed by atoms with Crippen molar-refractivity contribution in [2.45, 2.75) is 43.4 Å². The van der Waals surface area contributed by atoms with Crippen LogP contribution in [-0.2, 0) is 16.4 Å². The molecule has 10 heteroatoms. The molecule has 0 saturated carbocycles. The van der Waals surface area contributed by atoms with E-state index < -0.39 is 10.0 Å². The van der Waals surface area contributed by atoms with Crippen LogP contribution in [0.4, 0.5) is 0 Å². The highest BCUT2D eigenvalue weighted by Gasteiger charge is 2.27. The van der Waals surface area contributed by atoms with Gasteiger partial charge in [0.05, 0.1) is 4.90 Å². The third-order valence-electron chi connectivity index (χ3n) is 6.24. The number of hydrogen-bond acceptors (Lipinski definition) is 6. The van der Waals surface area contributed by atoms with Gasteiger partial charge in [0.15, 0.2) is 18.5 Å². The van der Waals surface area contributed by atoms with Gasteiger partial charge in [-0.1, -0.05) is 49.7 Å². The number of sulfonamides is 1. The van der Waals surface area contributed by atoms with Crippen molar-refractivity contribution in [1.29, 1.82) is 5.41 Å². The molecule has 0 unspecified atom stereocenters. The van der Waals surface area contributed by atoms with E-state index in [0.29, 0.717) is 29.3 Å². The minimum absolute atomic E-state index is 0.0853. The summed E-state index contributed by atoms with van der Waals surface area (Å²) in [5, 5.41) is 21.3. The maximum absolute atomic E-state index is 12.6. The van der Waals surface area contributed by atoms with Crippen LogP contribution in [0, 0.1) is 5.41 Å². The van der Waals surface area contributed by atoms with Crippen molar-refractivity contribution in [2.24, 2.45) is 26.1 Å². The summed E-state index contributed by atoms with van der Waals surface area (Å²) in [4.78, 5) is 6.29. The highest BCUT2D eigenvalue weighted by molar-refractivity contribution is 7.89. The first-order chi connectivity index (χ1) is 15.8. The topological polar surface area (TPSA) is 150 Å². The fourth-order valence-electron chi connectivity index (χ4n) is 4.63. The number of benzene rings is 2. The summed E-state index contributed by atoms with van der Waals surface area (Å²) in [5.41, 5.74) is 9.50. The van der Waals surface area contributed by atoms with Gasteiger partial charge in [-0.05, 0) is 47.4 Å². The highest BCUT2D eigenvalue weighted by Crippen LogP contribution is 2.35. The molecule has 0 aliphatic carbocycles. The van der Waals surface area contributed by atoms with Crippen LogP contribution in [0.3, 0.4) is 0 Å². The molecule has 9 nitrogen and oxygen atoms in total. The van der Waals surface area contributed by atoms with E-state index in [0.717, 1.165) is 43.5 Å². The van der Waals surface area contributed by atoms with Crippen molar-refractivity contribution in [3.05, 3.63) is 53.1 Å². The second kappa shape index (κ2) is 9.40. The lowest BCUT2D eigenvalue weighted by atomic mass is 9.88. The zero-order chi connectivity index (χ0) is 23.6. The maximum Gasteiger partial charge on any atom is 0.239 e. The van der Waals surface area contributed by atoms with Crippen LogP contribution in [0.5, 0.6) is 0 Å². The predicted octanol–water partition coefficient (Wildman–Crippen LogP) is 3.20. The Hall–Kier alpha value is -3.11. The molecule has 0 spiro atoms. The Bertz CT molecular complexity index is 1210. The van der Waals surface area contributed by atoms with Gasteiger partial charge in [0, 0.05) is 18.7 Å². The number of rotatable bonds is 6. The van der Waals surface area contributed by atoms with E-state index in [1.54, 1.807) is 0 Å². The largest absolute Gasteiger partial charge is 0.370 e. The Morgan fingerprint density at radius 3 is 2.39 bits per heavy atom. The first kappa shape index (κ1) is 23.1. The van der Waals surface area contributed by atoms with Crippen molar-refractivity contribution in [3.63, 3.8) is 0 Å². The third kappa shape index (κ3) is 4.81. The van der Waals surface area contributed by atoms with Gasteiger partial charge in [-0.3, -0.25) is 5.41 Å². The molecule has 33 heavy (non-hydrogen) atoms. The summed E-state index contributed by atoms with van der Waals surface area (Å²) in [7, 11) is -4.01. The number of nitrogens with two attached hydrogens (primary N) is 2. The number of azo groups is 1. The predicted molar refractivity (Wildman–Crippen MR) is 129 cm³/mol. The minimum atomic E-state index is -4.01. The van der Waals surface area contributed by atoms with Gasteiger partial charge in [-0.2, -0.15) is 5.11 Å². The molecule has 2 aliphatic rings. The lowest BCUT2D eigenvalue weighted by Gasteiger charge is -2.32. The maximum atomic E-state index is 12.6. The summed E-state index contributed by atoms with van der Waals surface area (Å²) in [6, 6.07) is 11.9. The second-order valence-corrected chi connectivity index (χ2v) is 9.90. The quantitative estimate of drug-likeness (QED) is 0.441. The van der Waals surface area contributed by atoms with Crippen LogP contribution >= 0.6 is 0 Å². The lowest BCUT2D eigenvalue weighted by Crippen LogP contribution is -2.41. The van der Waals surface area contributed by atoms with E-state index in [1.807, 2.05) is 36.1 Å². The zero-order valence-electron chi connectivity index (χ0n) is 18.7. The number of aryl methyl sites for hydroxylation is 1. The van der Waals surface area contributed by atoms with Crippen LogP contribution in [0.1, 0.15) is 48.8 Å². The van der Waals surface area contributed by atoms with Crippen molar-refractivity contribution < 1.29 is 8.42 Å². The molecule has 0 aromatic heterocycles. The second-order valence-electron chi connectivity index (χ2n) is 8.40. The Balaban J connectivity index is 1.73. The molecule has 4 rings (SSSR count). The Labute approximate surface area is 194 Å².